The molecule has 1 aliphatic rings. The van der Waals surface area contributed by atoms with Gasteiger partial charge in [-0.3, -0.25) is 9.10 Å². The predicted octanol–water partition coefficient (Wildman–Crippen LogP) is 0.244. The Morgan fingerprint density at radius 1 is 1.16 bits per heavy atom. The molecule has 1 aromatic rings. The highest BCUT2D eigenvalue weighted by molar-refractivity contribution is 7.92. The van der Waals surface area contributed by atoms with Crippen molar-refractivity contribution in [3.8, 4) is 11.5 Å². The van der Waals surface area contributed by atoms with E-state index in [4.69, 9.17) is 9.47 Å². The number of nitrogens with zero attached hydrogens (tertiary/aromatic N) is 3. The molecule has 0 unspecified atom stereocenters. The molecule has 0 radical (unpaired) electrons. The molecule has 1 aromatic carbocycles. The van der Waals surface area contributed by atoms with Gasteiger partial charge in [0.05, 0.1) is 26.2 Å². The minimum Gasteiger partial charge on any atom is -0.497 e. The van der Waals surface area contributed by atoms with Crippen molar-refractivity contribution in [3.05, 3.63) is 18.2 Å². The molecular formula is C16H25N3O5S. The van der Waals surface area contributed by atoms with Gasteiger partial charge in [0.25, 0.3) is 0 Å². The number of hydrogen-bond donors (Lipinski definition) is 0. The van der Waals surface area contributed by atoms with E-state index in [1.54, 1.807) is 23.1 Å². The Bertz CT molecular complexity index is 714. The number of likely N-dealkylation sites (N-methyl/N-ethyl adjacent to an activating group) is 1. The second-order valence-electron chi connectivity index (χ2n) is 5.99. The first-order valence-electron chi connectivity index (χ1n) is 7.92. The van der Waals surface area contributed by atoms with Crippen LogP contribution < -0.4 is 13.8 Å². The lowest BCUT2D eigenvalue weighted by molar-refractivity contribution is -0.131. The SMILES string of the molecule is COc1ccc(N(CC(=O)N2CCN(C)CC2)S(C)(=O)=O)c(OC)c1. The summed E-state index contributed by atoms with van der Waals surface area (Å²) >= 11 is 0. The van der Waals surface area contributed by atoms with Gasteiger partial charge in [0, 0.05) is 32.2 Å². The van der Waals surface area contributed by atoms with Gasteiger partial charge in [-0.25, -0.2) is 8.42 Å². The number of carbonyl (C=O) groups is 1. The quantitative estimate of drug-likeness (QED) is 0.713. The Balaban J connectivity index is 2.27. The number of piperazine rings is 1. The molecule has 25 heavy (non-hydrogen) atoms. The van der Waals surface area contributed by atoms with Crippen molar-refractivity contribution in [3.63, 3.8) is 0 Å². The van der Waals surface area contributed by atoms with E-state index in [1.807, 2.05) is 7.05 Å². The van der Waals surface area contributed by atoms with Crippen LogP contribution in [-0.2, 0) is 14.8 Å². The molecule has 0 saturated carbocycles. The lowest BCUT2D eigenvalue weighted by atomic mass is 10.2. The first-order chi connectivity index (χ1) is 11.8. The van der Waals surface area contributed by atoms with E-state index in [1.165, 1.54) is 14.2 Å². The highest BCUT2D eigenvalue weighted by atomic mass is 32.2. The first kappa shape index (κ1) is 19.3. The van der Waals surface area contributed by atoms with E-state index < -0.39 is 10.0 Å². The van der Waals surface area contributed by atoms with Crippen molar-refractivity contribution >= 4 is 21.6 Å². The van der Waals surface area contributed by atoms with Crippen LogP contribution in [0.4, 0.5) is 5.69 Å². The van der Waals surface area contributed by atoms with E-state index in [9.17, 15) is 13.2 Å². The molecule has 1 fully saturated rings. The standard InChI is InChI=1S/C16H25N3O5S/c1-17-7-9-18(10-8-17)16(20)12-19(25(4,21)22)14-6-5-13(23-2)11-15(14)24-3/h5-6,11H,7-10,12H2,1-4H3. The number of amides is 1. The summed E-state index contributed by atoms with van der Waals surface area (Å²) in [6.07, 6.45) is 1.08. The summed E-state index contributed by atoms with van der Waals surface area (Å²) in [5.74, 6) is 0.645. The Morgan fingerprint density at radius 2 is 1.80 bits per heavy atom. The molecule has 1 saturated heterocycles. The van der Waals surface area contributed by atoms with Crippen LogP contribution in [0.3, 0.4) is 0 Å². The monoisotopic (exact) mass is 371 g/mol. The maximum absolute atomic E-state index is 12.6. The normalized spacial score (nSPS) is 15.8. The van der Waals surface area contributed by atoms with Gasteiger partial charge in [-0.2, -0.15) is 0 Å². The number of ether oxygens (including phenoxy) is 2. The van der Waals surface area contributed by atoms with E-state index >= 15 is 0 Å². The Labute approximate surface area is 149 Å². The molecule has 2 rings (SSSR count). The molecule has 0 bridgehead atoms. The Morgan fingerprint density at radius 3 is 2.32 bits per heavy atom. The number of carbonyl (C=O) groups excluding carboxylic acids is 1. The van der Waals surface area contributed by atoms with Crippen LogP contribution >= 0.6 is 0 Å². The van der Waals surface area contributed by atoms with E-state index in [2.05, 4.69) is 4.90 Å². The van der Waals surface area contributed by atoms with Crippen molar-refractivity contribution in [1.82, 2.24) is 9.80 Å². The Kier molecular flexibility index (Phi) is 6.12. The first-order valence-corrected chi connectivity index (χ1v) is 9.77. The second-order valence-corrected chi connectivity index (χ2v) is 7.90. The summed E-state index contributed by atoms with van der Waals surface area (Å²) in [5, 5.41) is 0. The molecule has 0 atom stereocenters. The largest absolute Gasteiger partial charge is 0.497 e. The molecule has 1 heterocycles. The van der Waals surface area contributed by atoms with Crippen LogP contribution in [0, 0.1) is 0 Å². The second kappa shape index (κ2) is 7.92. The summed E-state index contributed by atoms with van der Waals surface area (Å²) in [4.78, 5) is 16.4. The van der Waals surface area contributed by atoms with Crippen molar-refractivity contribution < 1.29 is 22.7 Å². The van der Waals surface area contributed by atoms with Gasteiger partial charge in [-0.1, -0.05) is 0 Å². The molecular weight excluding hydrogens is 346 g/mol. The molecule has 1 aliphatic heterocycles. The van der Waals surface area contributed by atoms with Gasteiger partial charge < -0.3 is 19.3 Å². The fourth-order valence-electron chi connectivity index (χ4n) is 2.65. The molecule has 0 aromatic heterocycles. The average molecular weight is 371 g/mol. The lowest BCUT2D eigenvalue weighted by Gasteiger charge is -2.34. The van der Waals surface area contributed by atoms with Crippen molar-refractivity contribution in [2.45, 2.75) is 0 Å². The van der Waals surface area contributed by atoms with Gasteiger partial charge in [0.1, 0.15) is 18.0 Å². The van der Waals surface area contributed by atoms with Crippen molar-refractivity contribution in [1.29, 1.82) is 0 Å². The average Bonchev–Trinajstić information content (AvgIpc) is 2.58. The van der Waals surface area contributed by atoms with Crippen LogP contribution in [0.2, 0.25) is 0 Å². The van der Waals surface area contributed by atoms with E-state index in [-0.39, 0.29) is 12.5 Å². The topological polar surface area (TPSA) is 79.4 Å². The van der Waals surface area contributed by atoms with E-state index in [0.717, 1.165) is 23.7 Å². The van der Waals surface area contributed by atoms with Crippen molar-refractivity contribution in [2.75, 3.05) is 64.6 Å². The number of benzene rings is 1. The third-order valence-electron chi connectivity index (χ3n) is 4.19. The summed E-state index contributed by atoms with van der Waals surface area (Å²) in [5.41, 5.74) is 0.313. The fourth-order valence-corrected chi connectivity index (χ4v) is 3.50. The highest BCUT2D eigenvalue weighted by Gasteiger charge is 2.27. The lowest BCUT2D eigenvalue weighted by Crippen LogP contribution is -2.50. The summed E-state index contributed by atoms with van der Waals surface area (Å²) < 4.78 is 36.1. The Hall–Kier alpha value is -2.00. The molecule has 0 N–H and O–H groups in total. The number of hydrogen-bond acceptors (Lipinski definition) is 6. The van der Waals surface area contributed by atoms with Crippen molar-refractivity contribution in [2.24, 2.45) is 0 Å². The number of anilines is 1. The van der Waals surface area contributed by atoms with E-state index in [0.29, 0.717) is 30.3 Å². The minimum absolute atomic E-state index is 0.226. The molecule has 8 nitrogen and oxygen atoms in total. The molecule has 0 spiro atoms. The zero-order valence-corrected chi connectivity index (χ0v) is 15.9. The molecule has 0 aliphatic carbocycles. The van der Waals surface area contributed by atoms with Gasteiger partial charge in [0.15, 0.2) is 0 Å². The third kappa shape index (κ3) is 4.76. The summed E-state index contributed by atoms with van der Waals surface area (Å²) in [6, 6.07) is 4.81. The highest BCUT2D eigenvalue weighted by Crippen LogP contribution is 2.33. The van der Waals surface area contributed by atoms with Crippen LogP contribution in [0.1, 0.15) is 0 Å². The van der Waals surface area contributed by atoms with Crippen LogP contribution in [0.25, 0.3) is 0 Å². The molecule has 9 heteroatoms. The van der Waals surface area contributed by atoms with Gasteiger partial charge in [0.2, 0.25) is 15.9 Å². The van der Waals surface area contributed by atoms with Gasteiger partial charge in [-0.05, 0) is 19.2 Å². The summed E-state index contributed by atoms with van der Waals surface area (Å²) in [6.45, 7) is 2.47. The smallest absolute Gasteiger partial charge is 0.243 e. The predicted molar refractivity (Wildman–Crippen MR) is 95.8 cm³/mol. The number of sulfonamides is 1. The number of methoxy groups -OCH3 is 2. The number of rotatable bonds is 6. The zero-order chi connectivity index (χ0) is 18.6. The fraction of sp³-hybridized carbons (Fsp3) is 0.562. The van der Waals surface area contributed by atoms with Crippen LogP contribution in [-0.4, -0.2) is 84.4 Å². The maximum Gasteiger partial charge on any atom is 0.243 e. The van der Waals surface area contributed by atoms with Gasteiger partial charge >= 0.3 is 0 Å². The minimum atomic E-state index is -3.66. The molecule has 1 amide bonds. The third-order valence-corrected chi connectivity index (χ3v) is 5.32. The van der Waals surface area contributed by atoms with Crippen LogP contribution in [0.15, 0.2) is 18.2 Å². The zero-order valence-electron chi connectivity index (χ0n) is 15.1. The maximum atomic E-state index is 12.6. The molecule has 140 valence electrons. The van der Waals surface area contributed by atoms with Gasteiger partial charge in [-0.15, -0.1) is 0 Å². The van der Waals surface area contributed by atoms with Crippen LogP contribution in [0.5, 0.6) is 11.5 Å². The summed E-state index contributed by atoms with van der Waals surface area (Å²) in [7, 11) is 1.29.